The van der Waals surface area contributed by atoms with Gasteiger partial charge in [-0.25, -0.2) is 6.57 Å². The Morgan fingerprint density at radius 2 is 1.91 bits per heavy atom. The van der Waals surface area contributed by atoms with Crippen molar-refractivity contribution in [3.8, 4) is 11.8 Å². The lowest BCUT2D eigenvalue weighted by Crippen LogP contribution is -2.18. The van der Waals surface area contributed by atoms with E-state index in [9.17, 15) is 15.0 Å². The van der Waals surface area contributed by atoms with E-state index in [-0.39, 0.29) is 29.7 Å². The zero-order valence-electron chi connectivity index (χ0n) is 19.6. The smallest absolute Gasteiger partial charge is 0.303 e. The summed E-state index contributed by atoms with van der Waals surface area (Å²) >= 11 is 0. The molecule has 0 spiro atoms. The molecule has 0 aliphatic heterocycles. The molecular formula is C27H37NO4. The number of aliphatic carboxylic acids is 1. The maximum atomic E-state index is 10.7. The number of hydrogen-bond acceptors (Lipinski definition) is 3. The van der Waals surface area contributed by atoms with Gasteiger partial charge in [-0.15, -0.1) is 5.92 Å². The highest BCUT2D eigenvalue weighted by molar-refractivity contribution is 5.66. The van der Waals surface area contributed by atoms with E-state index in [0.717, 1.165) is 30.4 Å². The van der Waals surface area contributed by atoms with E-state index in [1.807, 2.05) is 24.3 Å². The first-order valence-corrected chi connectivity index (χ1v) is 11.6. The highest BCUT2D eigenvalue weighted by Crippen LogP contribution is 2.42. The Bertz CT molecular complexity index is 838. The highest BCUT2D eigenvalue weighted by Gasteiger charge is 2.46. The number of unbranched alkanes of at least 4 members (excludes halogenated alkanes) is 2. The molecule has 0 amide bonds. The van der Waals surface area contributed by atoms with Gasteiger partial charge in [0.2, 0.25) is 6.04 Å². The van der Waals surface area contributed by atoms with Crippen LogP contribution < -0.4 is 0 Å². The Morgan fingerprint density at radius 3 is 2.50 bits per heavy atom. The lowest BCUT2D eigenvalue weighted by molar-refractivity contribution is -0.137. The number of hydrogen-bond donors (Lipinski definition) is 3. The van der Waals surface area contributed by atoms with Gasteiger partial charge < -0.3 is 20.2 Å². The molecule has 0 heterocycles. The first-order chi connectivity index (χ1) is 15.1. The lowest BCUT2D eigenvalue weighted by atomic mass is 9.85. The topological polar surface area (TPSA) is 82.1 Å². The average molecular weight is 440 g/mol. The molecule has 32 heavy (non-hydrogen) atoms. The van der Waals surface area contributed by atoms with Crippen LogP contribution in [0.5, 0.6) is 0 Å². The Labute approximate surface area is 192 Å². The first-order valence-electron chi connectivity index (χ1n) is 11.6. The number of benzene rings is 1. The van der Waals surface area contributed by atoms with Crippen molar-refractivity contribution >= 4 is 5.97 Å². The van der Waals surface area contributed by atoms with E-state index in [4.69, 9.17) is 11.7 Å². The number of aliphatic hydroxyl groups is 2. The van der Waals surface area contributed by atoms with Gasteiger partial charge in [-0.3, -0.25) is 4.79 Å². The number of rotatable bonds is 9. The fourth-order valence-electron chi connectivity index (χ4n) is 4.38. The van der Waals surface area contributed by atoms with Crippen molar-refractivity contribution in [2.24, 2.45) is 11.3 Å². The summed E-state index contributed by atoms with van der Waals surface area (Å²) < 4.78 is 0. The zero-order chi connectivity index (χ0) is 23.7. The first kappa shape index (κ1) is 25.9. The Kier molecular flexibility index (Phi) is 9.76. The van der Waals surface area contributed by atoms with E-state index in [0.29, 0.717) is 25.7 Å². The molecule has 1 aliphatic rings. The Hall–Kier alpha value is -2.34. The van der Waals surface area contributed by atoms with Crippen molar-refractivity contribution in [1.82, 2.24) is 0 Å². The zero-order valence-corrected chi connectivity index (χ0v) is 19.6. The summed E-state index contributed by atoms with van der Waals surface area (Å²) in [6.45, 7) is 14.1. The minimum Gasteiger partial charge on any atom is -0.481 e. The molecule has 1 aromatic rings. The third-order valence-corrected chi connectivity index (χ3v) is 6.19. The molecule has 5 heteroatoms. The average Bonchev–Trinajstić information content (AvgIpc) is 3.04. The van der Waals surface area contributed by atoms with Crippen LogP contribution in [-0.2, 0) is 4.79 Å². The number of nitrogens with zero attached hydrogens (tertiary/aromatic N) is 1. The lowest BCUT2D eigenvalue weighted by Gasteiger charge is -2.20. The van der Waals surface area contributed by atoms with Crippen molar-refractivity contribution in [3.63, 3.8) is 0 Å². The molecule has 5 nitrogen and oxygen atoms in total. The Balaban J connectivity index is 2.04. The molecule has 1 aromatic carbocycles. The molecule has 1 aliphatic carbocycles. The summed E-state index contributed by atoms with van der Waals surface area (Å²) in [5.41, 5.74) is 2.07. The van der Waals surface area contributed by atoms with Crippen LogP contribution in [-0.4, -0.2) is 33.4 Å². The molecule has 0 bridgehead atoms. The van der Waals surface area contributed by atoms with E-state index in [1.54, 1.807) is 0 Å². The molecule has 0 radical (unpaired) electrons. The second-order valence-electron chi connectivity index (χ2n) is 10.1. The molecule has 0 saturated heterocycles. The minimum atomic E-state index is -0.798. The summed E-state index contributed by atoms with van der Waals surface area (Å²) in [5.74, 6) is 5.05. The van der Waals surface area contributed by atoms with Crippen molar-refractivity contribution in [2.45, 2.75) is 96.3 Å². The predicted molar refractivity (Wildman–Crippen MR) is 126 cm³/mol. The predicted octanol–water partition coefficient (Wildman–Crippen LogP) is 5.34. The highest BCUT2D eigenvalue weighted by atomic mass is 16.4. The second kappa shape index (κ2) is 12.0. The number of aliphatic hydroxyl groups excluding tert-OH is 2. The molecule has 1 saturated carbocycles. The van der Waals surface area contributed by atoms with Gasteiger partial charge in [0.15, 0.2) is 0 Å². The van der Waals surface area contributed by atoms with Crippen LogP contribution in [0, 0.1) is 29.7 Å². The second-order valence-corrected chi connectivity index (χ2v) is 10.1. The van der Waals surface area contributed by atoms with Crippen LogP contribution >= 0.6 is 0 Å². The third-order valence-electron chi connectivity index (χ3n) is 6.19. The largest absolute Gasteiger partial charge is 0.481 e. The van der Waals surface area contributed by atoms with Gasteiger partial charge >= 0.3 is 5.97 Å². The van der Waals surface area contributed by atoms with Gasteiger partial charge in [0.1, 0.15) is 5.92 Å². The maximum absolute atomic E-state index is 10.7. The quantitative estimate of drug-likeness (QED) is 0.276. The van der Waals surface area contributed by atoms with Crippen LogP contribution in [0.4, 0.5) is 0 Å². The van der Waals surface area contributed by atoms with Gasteiger partial charge in [0.05, 0.1) is 18.6 Å². The SMILES string of the molecule is [C-]#[N+][C@@H]1C[C@@H](O)C(c2ccc(C(O)CCCC(C)(C)C)cc2)C1C#CCCCCC(=O)O. The summed E-state index contributed by atoms with van der Waals surface area (Å²) in [6.07, 6.45) is 4.07. The fourth-order valence-corrected chi connectivity index (χ4v) is 4.38. The van der Waals surface area contributed by atoms with Gasteiger partial charge in [-0.1, -0.05) is 57.4 Å². The van der Waals surface area contributed by atoms with E-state index >= 15 is 0 Å². The van der Waals surface area contributed by atoms with Crippen molar-refractivity contribution in [3.05, 3.63) is 46.8 Å². The van der Waals surface area contributed by atoms with Gasteiger partial charge in [-0.05, 0) is 42.2 Å². The normalized spacial score (nSPS) is 23.8. The molecule has 5 atom stereocenters. The van der Waals surface area contributed by atoms with Crippen molar-refractivity contribution < 1.29 is 20.1 Å². The van der Waals surface area contributed by atoms with Crippen molar-refractivity contribution in [1.29, 1.82) is 0 Å². The monoisotopic (exact) mass is 439 g/mol. The summed E-state index contributed by atoms with van der Waals surface area (Å²) in [5, 5.41) is 29.9. The molecular weight excluding hydrogens is 402 g/mol. The summed E-state index contributed by atoms with van der Waals surface area (Å²) in [7, 11) is 0. The molecule has 3 N–H and O–H groups in total. The number of carboxylic acid groups (broad SMARTS) is 1. The molecule has 2 rings (SSSR count). The molecule has 174 valence electrons. The standard InChI is InChI=1S/C27H37NO4/c1-27(2,3)17-9-11-23(29)19-13-15-20(16-14-19)26-21(22(28-4)18-24(26)30)10-7-5-6-8-12-25(31)32/h13-16,21-24,26,29-30H,5-6,8-9,11-12,17-18H2,1-3H3,(H,31,32)/t21?,22-,23?,24-,26?/m1/s1. The van der Waals surface area contributed by atoms with Crippen LogP contribution in [0.3, 0.4) is 0 Å². The van der Waals surface area contributed by atoms with Gasteiger partial charge in [0.25, 0.3) is 0 Å². The maximum Gasteiger partial charge on any atom is 0.303 e. The van der Waals surface area contributed by atoms with Crippen LogP contribution in [0.2, 0.25) is 0 Å². The van der Waals surface area contributed by atoms with E-state index < -0.39 is 18.2 Å². The fraction of sp³-hybridized carbons (Fsp3) is 0.630. The number of carboxylic acids is 1. The molecule has 0 aromatic heterocycles. The van der Waals surface area contributed by atoms with Crippen LogP contribution in [0.15, 0.2) is 24.3 Å². The van der Waals surface area contributed by atoms with Crippen molar-refractivity contribution in [2.75, 3.05) is 0 Å². The van der Waals surface area contributed by atoms with Crippen LogP contribution in [0.1, 0.15) is 95.3 Å². The van der Waals surface area contributed by atoms with Gasteiger partial charge in [-0.2, -0.15) is 0 Å². The van der Waals surface area contributed by atoms with Crippen LogP contribution in [0.25, 0.3) is 4.85 Å². The molecule has 3 unspecified atom stereocenters. The van der Waals surface area contributed by atoms with E-state index in [2.05, 4.69) is 37.5 Å². The molecule has 1 fully saturated rings. The summed E-state index contributed by atoms with van der Waals surface area (Å²) in [6, 6.07) is 7.40. The van der Waals surface area contributed by atoms with E-state index in [1.165, 1.54) is 0 Å². The summed E-state index contributed by atoms with van der Waals surface area (Å²) in [4.78, 5) is 14.3. The Morgan fingerprint density at radius 1 is 1.22 bits per heavy atom. The third kappa shape index (κ3) is 7.97. The minimum absolute atomic E-state index is 0.144. The van der Waals surface area contributed by atoms with Gasteiger partial charge in [0, 0.05) is 18.8 Å². The number of carbonyl (C=O) groups is 1.